The first-order valence-corrected chi connectivity index (χ1v) is 10.8. The Balaban J connectivity index is 1.74. The molecular formula is C17H28N4O4S. The molecule has 1 aromatic heterocycles. The van der Waals surface area contributed by atoms with Crippen molar-refractivity contribution < 1.29 is 17.9 Å². The summed E-state index contributed by atoms with van der Waals surface area (Å²) in [5, 5.41) is 7.17. The molecule has 2 heterocycles. The van der Waals surface area contributed by atoms with Gasteiger partial charge in [-0.25, -0.2) is 8.42 Å². The van der Waals surface area contributed by atoms with Gasteiger partial charge in [0.2, 0.25) is 15.9 Å². The fraction of sp³-hybridized carbons (Fsp3) is 0.765. The molecule has 2 aliphatic rings. The summed E-state index contributed by atoms with van der Waals surface area (Å²) in [4.78, 5) is 13.1. The molecular weight excluding hydrogens is 356 g/mol. The first-order chi connectivity index (χ1) is 12.5. The summed E-state index contributed by atoms with van der Waals surface area (Å²) in [5.41, 5.74) is -0.624. The number of nitrogens with zero attached hydrogens (tertiary/aromatic N) is 3. The summed E-state index contributed by atoms with van der Waals surface area (Å²) in [5.74, 6) is 0.00597. The molecule has 8 nitrogen and oxygen atoms in total. The van der Waals surface area contributed by atoms with E-state index in [-0.39, 0.29) is 17.7 Å². The van der Waals surface area contributed by atoms with E-state index in [1.165, 1.54) is 4.31 Å². The summed E-state index contributed by atoms with van der Waals surface area (Å²) in [6.45, 7) is 1.74. The lowest BCUT2D eigenvalue weighted by molar-refractivity contribution is -0.137. The minimum absolute atomic E-state index is 0.0216. The number of ether oxygens (including phenoxy) is 1. The van der Waals surface area contributed by atoms with Gasteiger partial charge in [-0.05, 0) is 25.3 Å². The molecule has 2 atom stereocenters. The normalized spacial score (nSPS) is 28.4. The molecule has 1 amide bonds. The minimum atomic E-state index is -3.33. The van der Waals surface area contributed by atoms with E-state index in [2.05, 4.69) is 10.4 Å². The second-order valence-corrected chi connectivity index (χ2v) is 9.15. The molecule has 1 saturated carbocycles. The fourth-order valence-electron chi connectivity index (χ4n) is 4.30. The van der Waals surface area contributed by atoms with Gasteiger partial charge in [-0.1, -0.05) is 12.8 Å². The maximum Gasteiger partial charge on any atom is 0.227 e. The Labute approximate surface area is 154 Å². The molecule has 9 heteroatoms. The molecule has 1 saturated heterocycles. The predicted octanol–water partition coefficient (Wildman–Crippen LogP) is 0.610. The molecule has 1 N–H and O–H groups in total. The van der Waals surface area contributed by atoms with Crippen LogP contribution in [0.1, 0.15) is 32.1 Å². The van der Waals surface area contributed by atoms with Crippen molar-refractivity contribution in [3.05, 3.63) is 18.5 Å². The number of carbonyl (C=O) groups excluding carboxylic acids is 1. The Hall–Kier alpha value is -1.45. The fourth-order valence-corrected chi connectivity index (χ4v) is 6.21. The molecule has 0 bridgehead atoms. The Bertz CT molecular complexity index is 706. The van der Waals surface area contributed by atoms with Gasteiger partial charge in [-0.2, -0.15) is 9.40 Å². The largest absolute Gasteiger partial charge is 0.383 e. The highest BCUT2D eigenvalue weighted by Gasteiger charge is 2.55. The number of hydrogen-bond donors (Lipinski definition) is 1. The van der Waals surface area contributed by atoms with Gasteiger partial charge < -0.3 is 10.1 Å². The van der Waals surface area contributed by atoms with Crippen LogP contribution in [-0.2, 0) is 26.1 Å². The predicted molar refractivity (Wildman–Crippen MR) is 96.9 cm³/mol. The van der Waals surface area contributed by atoms with Gasteiger partial charge in [0, 0.05) is 38.6 Å². The van der Waals surface area contributed by atoms with Crippen LogP contribution >= 0.6 is 0 Å². The Morgan fingerprint density at radius 1 is 1.35 bits per heavy atom. The molecule has 0 spiro atoms. The lowest BCUT2D eigenvalue weighted by Crippen LogP contribution is -2.63. The highest BCUT2D eigenvalue weighted by atomic mass is 32.2. The van der Waals surface area contributed by atoms with E-state index in [0.29, 0.717) is 32.7 Å². The van der Waals surface area contributed by atoms with E-state index < -0.39 is 15.4 Å². The number of carbonyl (C=O) groups is 1. The summed E-state index contributed by atoms with van der Waals surface area (Å²) in [7, 11) is -1.77. The van der Waals surface area contributed by atoms with E-state index in [0.717, 1.165) is 25.7 Å². The number of fused-ring (bicyclic) bond motifs is 1. The van der Waals surface area contributed by atoms with Crippen molar-refractivity contribution in [3.8, 4) is 0 Å². The number of nitrogens with one attached hydrogen (secondary N) is 1. The van der Waals surface area contributed by atoms with Crippen molar-refractivity contribution in [1.82, 2.24) is 19.4 Å². The molecule has 26 heavy (non-hydrogen) atoms. The topological polar surface area (TPSA) is 93.5 Å². The molecule has 1 aliphatic heterocycles. The van der Waals surface area contributed by atoms with Crippen LogP contribution in [0, 0.1) is 5.41 Å². The van der Waals surface area contributed by atoms with Crippen LogP contribution in [0.15, 0.2) is 18.5 Å². The smallest absolute Gasteiger partial charge is 0.227 e. The maximum absolute atomic E-state index is 13.1. The van der Waals surface area contributed by atoms with E-state index in [1.807, 2.05) is 12.3 Å². The van der Waals surface area contributed by atoms with Crippen LogP contribution in [0.4, 0.5) is 0 Å². The summed E-state index contributed by atoms with van der Waals surface area (Å²) in [6, 6.07) is 1.58. The van der Waals surface area contributed by atoms with Gasteiger partial charge in [0.15, 0.2) is 0 Å². The molecule has 1 aromatic rings. The van der Waals surface area contributed by atoms with Gasteiger partial charge in [0.1, 0.15) is 0 Å². The van der Waals surface area contributed by atoms with Crippen LogP contribution in [0.2, 0.25) is 0 Å². The molecule has 2 fully saturated rings. The highest BCUT2D eigenvalue weighted by Crippen LogP contribution is 2.46. The third-order valence-electron chi connectivity index (χ3n) is 5.65. The van der Waals surface area contributed by atoms with Crippen LogP contribution in [0.25, 0.3) is 0 Å². The Morgan fingerprint density at radius 3 is 2.92 bits per heavy atom. The van der Waals surface area contributed by atoms with Crippen molar-refractivity contribution in [1.29, 1.82) is 0 Å². The third-order valence-corrected chi connectivity index (χ3v) is 7.52. The first-order valence-electron chi connectivity index (χ1n) is 9.24. The van der Waals surface area contributed by atoms with Crippen LogP contribution in [0.5, 0.6) is 0 Å². The van der Waals surface area contributed by atoms with Crippen LogP contribution < -0.4 is 5.32 Å². The molecule has 0 unspecified atom stereocenters. The zero-order valence-electron chi connectivity index (χ0n) is 15.3. The van der Waals surface area contributed by atoms with Gasteiger partial charge in [0.25, 0.3) is 0 Å². The zero-order valence-corrected chi connectivity index (χ0v) is 16.1. The average Bonchev–Trinajstić information content (AvgIpc) is 3.14. The third kappa shape index (κ3) is 3.79. The van der Waals surface area contributed by atoms with Gasteiger partial charge >= 0.3 is 0 Å². The molecule has 0 radical (unpaired) electrons. The minimum Gasteiger partial charge on any atom is -0.383 e. The highest BCUT2D eigenvalue weighted by molar-refractivity contribution is 7.89. The number of methoxy groups -OCH3 is 1. The van der Waals surface area contributed by atoms with E-state index in [9.17, 15) is 13.2 Å². The standard InChI is InChI=1S/C17H28N4O4S/c1-25-13-12-21-15-5-2-3-6-17(15,7-14-26(21,23)24)16(22)18-9-11-20-10-4-8-19-20/h4,8,10,15H,2-3,5-7,9,11-14H2,1H3,(H,18,22)/t15-,17-/m1/s1. The van der Waals surface area contributed by atoms with Gasteiger partial charge in [-0.15, -0.1) is 0 Å². The second kappa shape index (κ2) is 8.06. The number of hydrogen-bond acceptors (Lipinski definition) is 5. The van der Waals surface area contributed by atoms with E-state index in [4.69, 9.17) is 4.74 Å². The first kappa shape index (κ1) is 19.3. The van der Waals surface area contributed by atoms with Crippen LogP contribution in [-0.4, -0.2) is 67.0 Å². The second-order valence-electron chi connectivity index (χ2n) is 7.11. The van der Waals surface area contributed by atoms with Crippen molar-refractivity contribution in [2.24, 2.45) is 5.41 Å². The van der Waals surface area contributed by atoms with E-state index >= 15 is 0 Å². The van der Waals surface area contributed by atoms with Crippen molar-refractivity contribution >= 4 is 15.9 Å². The Morgan fingerprint density at radius 2 is 2.19 bits per heavy atom. The quantitative estimate of drug-likeness (QED) is 0.743. The number of amides is 1. The van der Waals surface area contributed by atoms with Gasteiger partial charge in [-0.3, -0.25) is 9.48 Å². The molecule has 3 rings (SSSR count). The van der Waals surface area contributed by atoms with Crippen molar-refractivity contribution in [3.63, 3.8) is 0 Å². The summed E-state index contributed by atoms with van der Waals surface area (Å²) < 4.78 is 33.6. The number of sulfonamides is 1. The summed E-state index contributed by atoms with van der Waals surface area (Å²) >= 11 is 0. The SMILES string of the molecule is COCCN1[C@@H]2CCCC[C@@]2(C(=O)NCCn2cccn2)CCS1(=O)=O. The van der Waals surface area contributed by atoms with Crippen molar-refractivity contribution in [2.75, 3.05) is 32.6 Å². The zero-order chi connectivity index (χ0) is 18.6. The Kier molecular flexibility index (Phi) is 5.99. The number of rotatable bonds is 7. The lowest BCUT2D eigenvalue weighted by atomic mass is 9.67. The maximum atomic E-state index is 13.1. The lowest BCUT2D eigenvalue weighted by Gasteiger charge is -2.50. The van der Waals surface area contributed by atoms with Gasteiger partial charge in [0.05, 0.1) is 24.3 Å². The van der Waals surface area contributed by atoms with E-state index in [1.54, 1.807) is 18.0 Å². The van der Waals surface area contributed by atoms with Crippen LogP contribution in [0.3, 0.4) is 0 Å². The summed E-state index contributed by atoms with van der Waals surface area (Å²) in [6.07, 6.45) is 7.34. The number of aromatic nitrogens is 2. The van der Waals surface area contributed by atoms with Crippen molar-refractivity contribution in [2.45, 2.75) is 44.7 Å². The molecule has 146 valence electrons. The molecule has 1 aliphatic carbocycles. The average molecular weight is 385 g/mol. The molecule has 0 aromatic carbocycles. The monoisotopic (exact) mass is 384 g/mol.